The molecule has 0 aromatic heterocycles. The van der Waals surface area contributed by atoms with E-state index in [1.807, 2.05) is 18.2 Å². The summed E-state index contributed by atoms with van der Waals surface area (Å²) in [4.78, 5) is 0. The normalized spacial score (nSPS) is 12.0. The summed E-state index contributed by atoms with van der Waals surface area (Å²) in [7, 11) is 0. The summed E-state index contributed by atoms with van der Waals surface area (Å²) in [6, 6.07) is 12.5. The molecule has 1 N–H and O–H groups in total. The van der Waals surface area contributed by atoms with Crippen molar-refractivity contribution >= 4 is 0 Å². The van der Waals surface area contributed by atoms with Gasteiger partial charge in [0.1, 0.15) is 0 Å². The van der Waals surface area contributed by atoms with Crippen LogP contribution in [0.4, 0.5) is 0 Å². The van der Waals surface area contributed by atoms with Crippen LogP contribution in [0.2, 0.25) is 0 Å². The molecule has 0 spiro atoms. The molecule has 0 aliphatic heterocycles. The molecule has 0 bridgehead atoms. The lowest BCUT2D eigenvalue weighted by molar-refractivity contribution is 0.131. The summed E-state index contributed by atoms with van der Waals surface area (Å²) in [6.45, 7) is 4.61. The van der Waals surface area contributed by atoms with E-state index in [0.29, 0.717) is 6.42 Å². The Balaban J connectivity index is 2.29. The molecule has 0 fully saturated rings. The molecule has 0 aliphatic rings. The first kappa shape index (κ1) is 14.7. The number of hydrogen-bond acceptors (Lipinski definition) is 3. The molecule has 0 heterocycles. The Bertz CT molecular complexity index is 345. The zero-order valence-corrected chi connectivity index (χ0v) is 11.1. The van der Waals surface area contributed by atoms with Crippen molar-refractivity contribution in [1.82, 2.24) is 5.32 Å². The predicted molar refractivity (Wildman–Crippen MR) is 73.1 cm³/mol. The topological polar surface area (TPSA) is 45.0 Å². The molecule has 0 amide bonds. The van der Waals surface area contributed by atoms with E-state index in [1.54, 1.807) is 0 Å². The van der Waals surface area contributed by atoms with Crippen LogP contribution < -0.4 is 5.32 Å². The largest absolute Gasteiger partial charge is 0.381 e. The average Bonchev–Trinajstić information content (AvgIpc) is 2.42. The number of ether oxygens (including phenoxy) is 1. The van der Waals surface area contributed by atoms with E-state index in [9.17, 15) is 0 Å². The maximum absolute atomic E-state index is 8.86. The highest BCUT2D eigenvalue weighted by Gasteiger charge is 2.09. The highest BCUT2D eigenvalue weighted by atomic mass is 16.5. The van der Waals surface area contributed by atoms with Crippen LogP contribution in [0.5, 0.6) is 0 Å². The van der Waals surface area contributed by atoms with Gasteiger partial charge in [0, 0.05) is 19.3 Å². The predicted octanol–water partition coefficient (Wildman–Crippen LogP) is 3.05. The van der Waals surface area contributed by atoms with Crippen LogP contribution in [-0.4, -0.2) is 19.8 Å². The molecule has 1 aromatic rings. The molecular weight excluding hydrogens is 224 g/mol. The first-order valence-corrected chi connectivity index (χ1v) is 6.61. The molecular formula is C15H22N2O. The van der Waals surface area contributed by atoms with Gasteiger partial charge in [0.25, 0.3) is 0 Å². The molecule has 3 heteroatoms. The third kappa shape index (κ3) is 5.81. The molecule has 1 aromatic carbocycles. The molecule has 1 unspecified atom stereocenters. The second-order valence-corrected chi connectivity index (χ2v) is 4.25. The highest BCUT2D eigenvalue weighted by molar-refractivity contribution is 5.19. The minimum atomic E-state index is 0.127. The van der Waals surface area contributed by atoms with E-state index in [-0.39, 0.29) is 6.04 Å². The minimum Gasteiger partial charge on any atom is -0.381 e. The Labute approximate surface area is 110 Å². The zero-order valence-electron chi connectivity index (χ0n) is 11.1. The Hall–Kier alpha value is -1.37. The maximum Gasteiger partial charge on any atom is 0.0641 e. The molecule has 3 nitrogen and oxygen atoms in total. The Kier molecular flexibility index (Phi) is 7.87. The van der Waals surface area contributed by atoms with E-state index in [2.05, 4.69) is 30.4 Å². The van der Waals surface area contributed by atoms with Gasteiger partial charge in [0.15, 0.2) is 0 Å². The lowest BCUT2D eigenvalue weighted by Crippen LogP contribution is -2.23. The Morgan fingerprint density at radius 3 is 2.72 bits per heavy atom. The van der Waals surface area contributed by atoms with E-state index >= 15 is 0 Å². The van der Waals surface area contributed by atoms with Gasteiger partial charge in [0.2, 0.25) is 0 Å². The van der Waals surface area contributed by atoms with Crippen molar-refractivity contribution in [3.05, 3.63) is 35.9 Å². The monoisotopic (exact) mass is 246 g/mol. The fourth-order valence-electron chi connectivity index (χ4n) is 1.78. The number of hydrogen-bond donors (Lipinski definition) is 1. The lowest BCUT2D eigenvalue weighted by atomic mass is 10.0. The summed E-state index contributed by atoms with van der Waals surface area (Å²) in [5, 5.41) is 12.3. The van der Waals surface area contributed by atoms with Crippen molar-refractivity contribution in [3.8, 4) is 6.07 Å². The van der Waals surface area contributed by atoms with Crippen molar-refractivity contribution in [2.24, 2.45) is 0 Å². The van der Waals surface area contributed by atoms with E-state index in [1.165, 1.54) is 5.56 Å². The number of nitriles is 1. The lowest BCUT2D eigenvalue weighted by Gasteiger charge is -2.16. The molecule has 98 valence electrons. The van der Waals surface area contributed by atoms with Crippen LogP contribution in [-0.2, 0) is 4.74 Å². The molecule has 1 rings (SSSR count). The highest BCUT2D eigenvalue weighted by Crippen LogP contribution is 2.15. The third-order valence-corrected chi connectivity index (χ3v) is 2.70. The molecule has 0 saturated heterocycles. The van der Waals surface area contributed by atoms with Crippen LogP contribution >= 0.6 is 0 Å². The Morgan fingerprint density at radius 2 is 2.06 bits per heavy atom. The van der Waals surface area contributed by atoms with Gasteiger partial charge in [-0.1, -0.05) is 37.3 Å². The summed E-state index contributed by atoms with van der Waals surface area (Å²) < 4.78 is 5.43. The summed E-state index contributed by atoms with van der Waals surface area (Å²) in [6.07, 6.45) is 2.54. The SMILES string of the molecule is CCCOCCCNC(CC#N)c1ccccc1. The van der Waals surface area contributed by atoms with Crippen LogP contribution in [0.25, 0.3) is 0 Å². The fourth-order valence-corrected chi connectivity index (χ4v) is 1.78. The van der Waals surface area contributed by atoms with E-state index in [0.717, 1.165) is 32.6 Å². The number of benzene rings is 1. The van der Waals surface area contributed by atoms with Gasteiger partial charge < -0.3 is 10.1 Å². The molecule has 1 atom stereocenters. The third-order valence-electron chi connectivity index (χ3n) is 2.70. The van der Waals surface area contributed by atoms with Crippen molar-refractivity contribution in [2.75, 3.05) is 19.8 Å². The molecule has 18 heavy (non-hydrogen) atoms. The van der Waals surface area contributed by atoms with Gasteiger partial charge in [-0.3, -0.25) is 0 Å². The summed E-state index contributed by atoms with van der Waals surface area (Å²) in [5.41, 5.74) is 1.17. The number of nitrogens with zero attached hydrogens (tertiary/aromatic N) is 1. The maximum atomic E-state index is 8.86. The van der Waals surface area contributed by atoms with Crippen LogP contribution in [0.15, 0.2) is 30.3 Å². The van der Waals surface area contributed by atoms with Crippen molar-refractivity contribution in [2.45, 2.75) is 32.2 Å². The fraction of sp³-hybridized carbons (Fsp3) is 0.533. The van der Waals surface area contributed by atoms with Crippen molar-refractivity contribution < 1.29 is 4.74 Å². The van der Waals surface area contributed by atoms with E-state index in [4.69, 9.17) is 10.00 Å². The van der Waals surface area contributed by atoms with E-state index < -0.39 is 0 Å². The smallest absolute Gasteiger partial charge is 0.0641 e. The van der Waals surface area contributed by atoms with Crippen LogP contribution in [0.1, 0.15) is 37.8 Å². The first-order valence-electron chi connectivity index (χ1n) is 6.61. The summed E-state index contributed by atoms with van der Waals surface area (Å²) in [5.74, 6) is 0. The first-order chi connectivity index (χ1) is 8.88. The number of rotatable bonds is 9. The van der Waals surface area contributed by atoms with Crippen LogP contribution in [0.3, 0.4) is 0 Å². The van der Waals surface area contributed by atoms with Crippen molar-refractivity contribution in [1.29, 1.82) is 5.26 Å². The van der Waals surface area contributed by atoms with Gasteiger partial charge in [-0.2, -0.15) is 5.26 Å². The van der Waals surface area contributed by atoms with Gasteiger partial charge in [-0.15, -0.1) is 0 Å². The zero-order chi connectivity index (χ0) is 13.1. The second-order valence-electron chi connectivity index (χ2n) is 4.25. The average molecular weight is 246 g/mol. The Morgan fingerprint density at radius 1 is 1.28 bits per heavy atom. The van der Waals surface area contributed by atoms with Crippen molar-refractivity contribution in [3.63, 3.8) is 0 Å². The van der Waals surface area contributed by atoms with Crippen LogP contribution in [0, 0.1) is 11.3 Å². The van der Waals surface area contributed by atoms with Gasteiger partial charge in [0.05, 0.1) is 12.5 Å². The second kappa shape index (κ2) is 9.64. The van der Waals surface area contributed by atoms with Gasteiger partial charge in [-0.05, 0) is 24.9 Å². The standard InChI is InChI=1S/C15H22N2O/c1-2-12-18-13-6-11-17-15(9-10-16)14-7-4-3-5-8-14/h3-5,7-8,15,17H,2,6,9,11-13H2,1H3. The molecule has 0 saturated carbocycles. The molecule has 0 radical (unpaired) electrons. The minimum absolute atomic E-state index is 0.127. The summed E-state index contributed by atoms with van der Waals surface area (Å²) >= 11 is 0. The quantitative estimate of drug-likeness (QED) is 0.681. The molecule has 0 aliphatic carbocycles. The van der Waals surface area contributed by atoms with Gasteiger partial charge in [-0.25, -0.2) is 0 Å². The van der Waals surface area contributed by atoms with Gasteiger partial charge >= 0.3 is 0 Å². The number of nitrogens with one attached hydrogen (secondary N) is 1.